The first-order valence-corrected chi connectivity index (χ1v) is 9.77. The van der Waals surface area contributed by atoms with Crippen molar-refractivity contribution in [2.24, 2.45) is 0 Å². The van der Waals surface area contributed by atoms with Crippen LogP contribution in [0.25, 0.3) is 11.3 Å². The Balaban J connectivity index is 1.52. The lowest BCUT2D eigenvalue weighted by Crippen LogP contribution is -2.24. The quantitative estimate of drug-likeness (QED) is 0.702. The summed E-state index contributed by atoms with van der Waals surface area (Å²) in [4.78, 5) is 22.4. The molecule has 1 aliphatic rings. The molecule has 0 spiro atoms. The van der Waals surface area contributed by atoms with E-state index in [-0.39, 0.29) is 17.4 Å². The largest absolute Gasteiger partial charge is 0.382 e. The van der Waals surface area contributed by atoms with Crippen molar-refractivity contribution in [2.45, 2.75) is 25.4 Å². The minimum Gasteiger partial charge on any atom is -0.382 e. The van der Waals surface area contributed by atoms with Gasteiger partial charge in [0, 0.05) is 32.2 Å². The van der Waals surface area contributed by atoms with Gasteiger partial charge in [-0.25, -0.2) is 9.97 Å². The van der Waals surface area contributed by atoms with Crippen molar-refractivity contribution in [3.05, 3.63) is 77.1 Å². The summed E-state index contributed by atoms with van der Waals surface area (Å²) >= 11 is 0. The van der Waals surface area contributed by atoms with Crippen LogP contribution in [-0.4, -0.2) is 34.9 Å². The molecule has 0 bridgehead atoms. The third kappa shape index (κ3) is 3.98. The molecule has 0 unspecified atom stereocenters. The van der Waals surface area contributed by atoms with E-state index >= 15 is 0 Å². The molecule has 3 aromatic rings. The topological polar surface area (TPSA) is 84.1 Å². The fourth-order valence-electron chi connectivity index (χ4n) is 3.76. The van der Waals surface area contributed by atoms with Crippen LogP contribution < -0.4 is 11.1 Å². The van der Waals surface area contributed by atoms with Crippen LogP contribution in [-0.2, 0) is 13.0 Å². The lowest BCUT2D eigenvalue weighted by atomic mass is 10.1. The predicted octanol–water partition coefficient (Wildman–Crippen LogP) is 3.20. The molecule has 1 aromatic heterocycles. The summed E-state index contributed by atoms with van der Waals surface area (Å²) in [6.45, 7) is 0.763. The van der Waals surface area contributed by atoms with Gasteiger partial charge in [0.25, 0.3) is 5.91 Å². The van der Waals surface area contributed by atoms with E-state index in [1.54, 1.807) is 20.3 Å². The van der Waals surface area contributed by atoms with Gasteiger partial charge in [-0.05, 0) is 35.6 Å². The van der Waals surface area contributed by atoms with Gasteiger partial charge in [0.1, 0.15) is 0 Å². The van der Waals surface area contributed by atoms with E-state index in [0.29, 0.717) is 11.7 Å². The van der Waals surface area contributed by atoms with Crippen LogP contribution in [0.4, 0.5) is 5.82 Å². The Bertz CT molecular complexity index is 1050. The minimum absolute atomic E-state index is 0.144. The van der Waals surface area contributed by atoms with Gasteiger partial charge in [0.2, 0.25) is 0 Å². The van der Waals surface area contributed by atoms with Crippen molar-refractivity contribution in [3.63, 3.8) is 0 Å². The number of carbonyl (C=O) groups excluding carboxylic acids is 1. The smallest absolute Gasteiger partial charge is 0.275 e. The van der Waals surface area contributed by atoms with Crippen LogP contribution >= 0.6 is 0 Å². The highest BCUT2D eigenvalue weighted by Crippen LogP contribution is 2.31. The first kappa shape index (κ1) is 19.1. The molecule has 148 valence electrons. The van der Waals surface area contributed by atoms with Crippen LogP contribution in [0.1, 0.15) is 39.6 Å². The Morgan fingerprint density at radius 1 is 1.21 bits per heavy atom. The number of carbonyl (C=O) groups is 1. The number of nitrogens with one attached hydrogen (secondary N) is 1. The Labute approximate surface area is 170 Å². The minimum atomic E-state index is -0.255. The summed E-state index contributed by atoms with van der Waals surface area (Å²) in [5.74, 6) is -0.111. The molecule has 2 aromatic carbocycles. The third-order valence-corrected chi connectivity index (χ3v) is 5.32. The number of nitrogen functional groups attached to an aromatic ring is 1. The van der Waals surface area contributed by atoms with Crippen molar-refractivity contribution >= 4 is 11.7 Å². The fraction of sp³-hybridized carbons (Fsp3) is 0.261. The predicted molar refractivity (Wildman–Crippen MR) is 114 cm³/mol. The van der Waals surface area contributed by atoms with Crippen LogP contribution in [0.5, 0.6) is 0 Å². The second-order valence-electron chi connectivity index (χ2n) is 7.56. The van der Waals surface area contributed by atoms with Gasteiger partial charge >= 0.3 is 0 Å². The van der Waals surface area contributed by atoms with E-state index in [9.17, 15) is 4.79 Å². The highest BCUT2D eigenvalue weighted by molar-refractivity contribution is 5.96. The molecule has 3 N–H and O–H groups in total. The summed E-state index contributed by atoms with van der Waals surface area (Å²) in [7, 11) is 3.34. The number of nitrogens with two attached hydrogens (primary N) is 1. The van der Waals surface area contributed by atoms with E-state index in [4.69, 9.17) is 5.73 Å². The molecule has 0 aliphatic heterocycles. The molecule has 29 heavy (non-hydrogen) atoms. The second-order valence-corrected chi connectivity index (χ2v) is 7.56. The molecule has 0 saturated carbocycles. The summed E-state index contributed by atoms with van der Waals surface area (Å²) in [5.41, 5.74) is 11.6. The number of aryl methyl sites for hydroxylation is 1. The normalized spacial score (nSPS) is 15.2. The molecular weight excluding hydrogens is 362 g/mol. The molecule has 1 amide bonds. The van der Waals surface area contributed by atoms with E-state index in [1.165, 1.54) is 16.0 Å². The van der Waals surface area contributed by atoms with Gasteiger partial charge in [-0.3, -0.25) is 4.79 Å². The van der Waals surface area contributed by atoms with Crippen molar-refractivity contribution in [1.29, 1.82) is 0 Å². The van der Waals surface area contributed by atoms with E-state index < -0.39 is 0 Å². The second kappa shape index (κ2) is 8.01. The van der Waals surface area contributed by atoms with Gasteiger partial charge in [0.15, 0.2) is 11.5 Å². The van der Waals surface area contributed by atoms with Crippen molar-refractivity contribution in [1.82, 2.24) is 20.2 Å². The number of anilines is 1. The monoisotopic (exact) mass is 387 g/mol. The molecule has 6 nitrogen and oxygen atoms in total. The molecule has 1 atom stereocenters. The average molecular weight is 387 g/mol. The maximum atomic E-state index is 12.3. The summed E-state index contributed by atoms with van der Waals surface area (Å²) < 4.78 is 0. The zero-order chi connectivity index (χ0) is 20.4. The maximum absolute atomic E-state index is 12.3. The molecule has 1 aliphatic carbocycles. The molecule has 0 fully saturated rings. The van der Waals surface area contributed by atoms with Gasteiger partial charge in [-0.1, -0.05) is 42.5 Å². The fourth-order valence-corrected chi connectivity index (χ4v) is 3.76. The summed E-state index contributed by atoms with van der Waals surface area (Å²) in [5, 5.41) is 3.67. The summed E-state index contributed by atoms with van der Waals surface area (Å²) in [6, 6.07) is 17.2. The molecule has 4 rings (SSSR count). The lowest BCUT2D eigenvalue weighted by Gasteiger charge is -2.15. The van der Waals surface area contributed by atoms with Gasteiger partial charge in [-0.15, -0.1) is 0 Å². The maximum Gasteiger partial charge on any atom is 0.275 e. The number of hydrogen-bond donors (Lipinski definition) is 2. The van der Waals surface area contributed by atoms with Crippen LogP contribution in [0.15, 0.2) is 54.7 Å². The van der Waals surface area contributed by atoms with Gasteiger partial charge in [-0.2, -0.15) is 0 Å². The number of amides is 1. The zero-order valence-electron chi connectivity index (χ0n) is 16.7. The number of nitrogens with zero attached hydrogens (tertiary/aromatic N) is 3. The highest BCUT2D eigenvalue weighted by atomic mass is 16.2. The van der Waals surface area contributed by atoms with Crippen molar-refractivity contribution < 1.29 is 4.79 Å². The highest BCUT2D eigenvalue weighted by Gasteiger charge is 2.21. The SMILES string of the molecule is CN(C)C(=O)c1nc(-c2cccc(CN[C@H]3CCc4ccccc43)c2)cnc1N. The van der Waals surface area contributed by atoms with Crippen molar-refractivity contribution in [3.8, 4) is 11.3 Å². The van der Waals surface area contributed by atoms with Crippen LogP contribution in [0.3, 0.4) is 0 Å². The van der Waals surface area contributed by atoms with Crippen LogP contribution in [0, 0.1) is 0 Å². The van der Waals surface area contributed by atoms with E-state index in [2.05, 4.69) is 51.7 Å². The number of benzene rings is 2. The molecular formula is C23H25N5O. The first-order chi connectivity index (χ1) is 14.0. The van der Waals surface area contributed by atoms with E-state index in [0.717, 1.165) is 30.5 Å². The van der Waals surface area contributed by atoms with E-state index in [1.807, 2.05) is 12.1 Å². The van der Waals surface area contributed by atoms with Crippen molar-refractivity contribution in [2.75, 3.05) is 19.8 Å². The standard InChI is InChI=1S/C23H25N5O/c1-28(2)23(29)21-22(24)26-14-20(27-21)17-8-5-6-15(12-17)13-25-19-11-10-16-7-3-4-9-18(16)19/h3-9,12,14,19,25H,10-11,13H2,1-2H3,(H2,24,26)/t19-/m0/s1. The number of aromatic nitrogens is 2. The Hall–Kier alpha value is -3.25. The van der Waals surface area contributed by atoms with Gasteiger partial charge < -0.3 is 16.0 Å². The first-order valence-electron chi connectivity index (χ1n) is 9.77. The zero-order valence-corrected chi connectivity index (χ0v) is 16.7. The lowest BCUT2D eigenvalue weighted by molar-refractivity contribution is 0.0823. The Morgan fingerprint density at radius 2 is 2.03 bits per heavy atom. The number of rotatable bonds is 5. The molecule has 0 radical (unpaired) electrons. The third-order valence-electron chi connectivity index (χ3n) is 5.32. The van der Waals surface area contributed by atoms with Crippen LogP contribution in [0.2, 0.25) is 0 Å². The molecule has 1 heterocycles. The number of fused-ring (bicyclic) bond motifs is 1. The Morgan fingerprint density at radius 3 is 2.86 bits per heavy atom. The summed E-state index contributed by atoms with van der Waals surface area (Å²) in [6.07, 6.45) is 3.86. The molecule has 0 saturated heterocycles. The average Bonchev–Trinajstić information content (AvgIpc) is 3.15. The number of hydrogen-bond acceptors (Lipinski definition) is 5. The molecule has 6 heteroatoms. The Kier molecular flexibility index (Phi) is 5.27. The van der Waals surface area contributed by atoms with Gasteiger partial charge in [0.05, 0.1) is 11.9 Å².